The molecule has 9 nitrogen and oxygen atoms in total. The molecule has 2 aromatic rings. The summed E-state index contributed by atoms with van der Waals surface area (Å²) in [5.41, 5.74) is 7.94. The first-order valence-corrected chi connectivity index (χ1v) is 8.14. The predicted octanol–water partition coefficient (Wildman–Crippen LogP) is -0.964. The molecule has 2 amide bonds. The van der Waals surface area contributed by atoms with Gasteiger partial charge in [0, 0.05) is 25.3 Å². The minimum absolute atomic E-state index is 0.0292. The average molecular weight is 341 g/mol. The van der Waals surface area contributed by atoms with Gasteiger partial charge in [0.05, 0.1) is 11.9 Å². The second kappa shape index (κ2) is 6.26. The number of piperidine rings is 1. The van der Waals surface area contributed by atoms with Crippen molar-refractivity contribution in [3.05, 3.63) is 42.5 Å². The SMILES string of the molecule is CNC(=O)C1NNC2NC(=O)CC(c3ccc(-n4cncn4)cc3)C21. The molecule has 0 saturated carbocycles. The molecule has 0 bridgehead atoms. The molecular weight excluding hydrogens is 322 g/mol. The molecular formula is C16H19N7O2. The van der Waals surface area contributed by atoms with Crippen LogP contribution in [0.25, 0.3) is 5.69 Å². The van der Waals surface area contributed by atoms with E-state index in [-0.39, 0.29) is 29.8 Å². The van der Waals surface area contributed by atoms with Gasteiger partial charge in [-0.1, -0.05) is 12.1 Å². The number of benzene rings is 1. The van der Waals surface area contributed by atoms with Crippen LogP contribution in [0.2, 0.25) is 0 Å². The van der Waals surface area contributed by atoms with Gasteiger partial charge in [-0.2, -0.15) is 5.10 Å². The number of hydrazine groups is 1. The monoisotopic (exact) mass is 341 g/mol. The number of hydrogen-bond acceptors (Lipinski definition) is 6. The molecule has 2 aliphatic rings. The van der Waals surface area contributed by atoms with Crippen LogP contribution in [0, 0.1) is 5.92 Å². The molecule has 0 radical (unpaired) electrons. The van der Waals surface area contributed by atoms with E-state index in [9.17, 15) is 9.59 Å². The van der Waals surface area contributed by atoms with E-state index < -0.39 is 6.04 Å². The lowest BCUT2D eigenvalue weighted by molar-refractivity contribution is -0.128. The zero-order chi connectivity index (χ0) is 17.4. The predicted molar refractivity (Wildman–Crippen MR) is 88.3 cm³/mol. The van der Waals surface area contributed by atoms with Gasteiger partial charge in [-0.3, -0.25) is 9.59 Å². The first kappa shape index (κ1) is 15.7. The summed E-state index contributed by atoms with van der Waals surface area (Å²) >= 11 is 0. The maximum Gasteiger partial charge on any atom is 0.238 e. The smallest absolute Gasteiger partial charge is 0.238 e. The van der Waals surface area contributed by atoms with Gasteiger partial charge < -0.3 is 10.6 Å². The molecule has 9 heteroatoms. The van der Waals surface area contributed by atoms with Gasteiger partial charge in [-0.25, -0.2) is 20.5 Å². The minimum Gasteiger partial charge on any atom is -0.358 e. The second-order valence-electron chi connectivity index (χ2n) is 6.25. The lowest BCUT2D eigenvalue weighted by Gasteiger charge is -2.35. The van der Waals surface area contributed by atoms with E-state index in [2.05, 4.69) is 31.6 Å². The van der Waals surface area contributed by atoms with Crippen LogP contribution in [-0.2, 0) is 9.59 Å². The van der Waals surface area contributed by atoms with E-state index in [1.54, 1.807) is 18.1 Å². The highest BCUT2D eigenvalue weighted by Crippen LogP contribution is 2.37. The number of likely N-dealkylation sites (N-methyl/N-ethyl adjacent to an activating group) is 1. The minimum atomic E-state index is -0.407. The highest BCUT2D eigenvalue weighted by atomic mass is 16.2. The maximum atomic E-state index is 12.2. The molecule has 130 valence electrons. The standard InChI is InChI=1S/C16H19N7O2/c1-17-16(25)14-13-11(6-12(24)20-15(13)22-21-14)9-2-4-10(5-3-9)23-8-18-7-19-23/h2-5,7-8,11,13-15,21-22H,6H2,1H3,(H,17,25)(H,20,24). The summed E-state index contributed by atoms with van der Waals surface area (Å²) < 4.78 is 1.67. The molecule has 2 fully saturated rings. The van der Waals surface area contributed by atoms with E-state index in [0.29, 0.717) is 6.42 Å². The van der Waals surface area contributed by atoms with Gasteiger partial charge in [-0.05, 0) is 17.7 Å². The van der Waals surface area contributed by atoms with Gasteiger partial charge in [0.2, 0.25) is 11.8 Å². The Bertz CT molecular complexity index is 774. The number of aromatic nitrogens is 3. The molecule has 2 aliphatic heterocycles. The Kier molecular flexibility index (Phi) is 3.94. The van der Waals surface area contributed by atoms with Crippen molar-refractivity contribution in [1.29, 1.82) is 0 Å². The molecule has 25 heavy (non-hydrogen) atoms. The average Bonchev–Trinajstić information content (AvgIpc) is 3.30. The number of fused-ring (bicyclic) bond motifs is 1. The summed E-state index contributed by atoms with van der Waals surface area (Å²) in [6.45, 7) is 0. The van der Waals surface area contributed by atoms with E-state index in [4.69, 9.17) is 0 Å². The van der Waals surface area contributed by atoms with Crippen molar-refractivity contribution in [3.8, 4) is 5.69 Å². The third-order valence-electron chi connectivity index (χ3n) is 4.88. The van der Waals surface area contributed by atoms with Crippen molar-refractivity contribution in [2.45, 2.75) is 24.5 Å². The van der Waals surface area contributed by atoms with E-state index in [0.717, 1.165) is 11.3 Å². The maximum absolute atomic E-state index is 12.2. The molecule has 1 aromatic carbocycles. The van der Waals surface area contributed by atoms with Crippen LogP contribution in [0.15, 0.2) is 36.9 Å². The highest BCUT2D eigenvalue weighted by Gasteiger charge is 2.48. The molecule has 1 aromatic heterocycles. The summed E-state index contributed by atoms with van der Waals surface area (Å²) in [4.78, 5) is 28.2. The van der Waals surface area contributed by atoms with Crippen molar-refractivity contribution in [2.75, 3.05) is 7.05 Å². The zero-order valence-electron chi connectivity index (χ0n) is 13.6. The molecule has 0 aliphatic carbocycles. The lowest BCUT2D eigenvalue weighted by atomic mass is 9.76. The quantitative estimate of drug-likeness (QED) is 0.572. The summed E-state index contributed by atoms with van der Waals surface area (Å²) in [5.74, 6) is -0.262. The Morgan fingerprint density at radius 1 is 1.28 bits per heavy atom. The Labute approximate surface area is 144 Å². The van der Waals surface area contributed by atoms with Gasteiger partial charge in [0.15, 0.2) is 0 Å². The zero-order valence-corrected chi connectivity index (χ0v) is 13.6. The van der Waals surface area contributed by atoms with E-state index >= 15 is 0 Å². The van der Waals surface area contributed by atoms with Crippen LogP contribution in [-0.4, -0.2) is 45.8 Å². The number of rotatable bonds is 3. The fourth-order valence-corrected chi connectivity index (χ4v) is 3.68. The van der Waals surface area contributed by atoms with Crippen LogP contribution in [0.4, 0.5) is 0 Å². The Morgan fingerprint density at radius 3 is 2.76 bits per heavy atom. The molecule has 4 atom stereocenters. The first-order chi connectivity index (χ1) is 12.2. The topological polar surface area (TPSA) is 113 Å². The normalized spacial score (nSPS) is 28.3. The number of carbonyl (C=O) groups is 2. The van der Waals surface area contributed by atoms with Crippen LogP contribution in [0.1, 0.15) is 17.9 Å². The lowest BCUT2D eigenvalue weighted by Crippen LogP contribution is -2.53. The summed E-state index contributed by atoms with van der Waals surface area (Å²) in [5, 5.41) is 9.69. The summed E-state index contributed by atoms with van der Waals surface area (Å²) in [7, 11) is 1.61. The van der Waals surface area contributed by atoms with Gasteiger partial charge >= 0.3 is 0 Å². The Hall–Kier alpha value is -2.78. The number of carbonyl (C=O) groups excluding carboxylic acids is 2. The van der Waals surface area contributed by atoms with Crippen molar-refractivity contribution in [3.63, 3.8) is 0 Å². The Morgan fingerprint density at radius 2 is 2.08 bits per heavy atom. The molecule has 0 spiro atoms. The number of nitrogens with zero attached hydrogens (tertiary/aromatic N) is 3. The third kappa shape index (κ3) is 2.77. The van der Waals surface area contributed by atoms with Crippen LogP contribution in [0.5, 0.6) is 0 Å². The number of amides is 2. The van der Waals surface area contributed by atoms with Crippen LogP contribution < -0.4 is 21.5 Å². The molecule has 4 N–H and O–H groups in total. The first-order valence-electron chi connectivity index (χ1n) is 8.14. The van der Waals surface area contributed by atoms with Crippen molar-refractivity contribution in [2.24, 2.45) is 5.92 Å². The van der Waals surface area contributed by atoms with E-state index in [1.165, 1.54) is 6.33 Å². The second-order valence-corrected chi connectivity index (χ2v) is 6.25. The molecule has 3 heterocycles. The molecule has 4 rings (SSSR count). The molecule has 4 unspecified atom stereocenters. The van der Waals surface area contributed by atoms with Crippen molar-refractivity contribution in [1.82, 2.24) is 36.2 Å². The summed E-state index contributed by atoms with van der Waals surface area (Å²) in [6.07, 6.45) is 3.18. The third-order valence-corrected chi connectivity index (χ3v) is 4.88. The van der Waals surface area contributed by atoms with Gasteiger partial charge in [0.1, 0.15) is 18.7 Å². The Balaban J connectivity index is 1.64. The van der Waals surface area contributed by atoms with Gasteiger partial charge in [0.25, 0.3) is 0 Å². The van der Waals surface area contributed by atoms with Crippen molar-refractivity contribution >= 4 is 11.8 Å². The number of nitrogens with one attached hydrogen (secondary N) is 4. The van der Waals surface area contributed by atoms with Crippen LogP contribution >= 0.6 is 0 Å². The fourth-order valence-electron chi connectivity index (χ4n) is 3.68. The van der Waals surface area contributed by atoms with Gasteiger partial charge in [-0.15, -0.1) is 0 Å². The van der Waals surface area contributed by atoms with Crippen molar-refractivity contribution < 1.29 is 9.59 Å². The largest absolute Gasteiger partial charge is 0.358 e. The van der Waals surface area contributed by atoms with E-state index in [1.807, 2.05) is 24.3 Å². The molecule has 2 saturated heterocycles. The highest BCUT2D eigenvalue weighted by molar-refractivity contribution is 5.84. The number of hydrogen-bond donors (Lipinski definition) is 4. The van der Waals surface area contributed by atoms with Crippen LogP contribution in [0.3, 0.4) is 0 Å². The summed E-state index contributed by atoms with van der Waals surface area (Å²) in [6, 6.07) is 7.44. The fraction of sp³-hybridized carbons (Fsp3) is 0.375.